The summed E-state index contributed by atoms with van der Waals surface area (Å²) in [5.74, 6) is -3.85. The van der Waals surface area contributed by atoms with E-state index in [9.17, 15) is 19.5 Å². The molecule has 11 heteroatoms. The van der Waals surface area contributed by atoms with Gasteiger partial charge in [0.15, 0.2) is 0 Å². The second-order valence-corrected chi connectivity index (χ2v) is 13.3. The molecule has 2 saturated heterocycles. The number of fused-ring (bicyclic) bond motifs is 2. The van der Waals surface area contributed by atoms with Gasteiger partial charge in [0.05, 0.1) is 25.1 Å². The number of aryl methyl sites for hydroxylation is 2. The number of hydrogen-bond acceptors (Lipinski definition) is 7. The van der Waals surface area contributed by atoms with Crippen molar-refractivity contribution in [2.75, 3.05) is 24.6 Å². The summed E-state index contributed by atoms with van der Waals surface area (Å²) in [4.78, 5) is 59.4. The predicted molar refractivity (Wildman–Crippen MR) is 174 cm³/mol. The van der Waals surface area contributed by atoms with E-state index in [4.69, 9.17) is 9.47 Å². The van der Waals surface area contributed by atoms with E-state index in [-0.39, 0.29) is 25.4 Å². The maximum Gasteiger partial charge on any atom is 0.313 e. The lowest BCUT2D eigenvalue weighted by molar-refractivity contribution is -0.159. The Labute approximate surface area is 276 Å². The summed E-state index contributed by atoms with van der Waals surface area (Å²) in [5, 5.41) is 13.6. The van der Waals surface area contributed by atoms with Gasteiger partial charge in [0, 0.05) is 23.1 Å². The zero-order valence-corrected chi connectivity index (χ0v) is 27.6. The van der Waals surface area contributed by atoms with Crippen LogP contribution < -0.4 is 10.2 Å². The number of hydrogen-bond donors (Lipinski definition) is 2. The Morgan fingerprint density at radius 1 is 1.02 bits per heavy atom. The second-order valence-electron chi connectivity index (χ2n) is 12.4. The van der Waals surface area contributed by atoms with E-state index in [0.717, 1.165) is 11.1 Å². The molecule has 0 radical (unpaired) electrons. The monoisotopic (exact) mass is 691 g/mol. The van der Waals surface area contributed by atoms with Crippen LogP contribution in [-0.4, -0.2) is 77.2 Å². The number of halogens is 1. The Morgan fingerprint density at radius 3 is 2.43 bits per heavy atom. The van der Waals surface area contributed by atoms with Crippen molar-refractivity contribution < 1.29 is 33.8 Å². The summed E-state index contributed by atoms with van der Waals surface area (Å²) in [6, 6.07) is 12.7. The van der Waals surface area contributed by atoms with E-state index in [1.54, 1.807) is 30.0 Å². The number of carbonyl (C=O) groups is 4. The summed E-state index contributed by atoms with van der Waals surface area (Å²) in [7, 11) is 0. The molecule has 5 bridgehead atoms. The SMILES string of the molecule is Cc1cccc(C)c1N1C/C=C\CCC(=O)NC[C@H](C)OC(=O)[C@H]2[C@@H]3O[C@@]4(C=C3Br)[C@@H]2C(=O)N([C@H](CO)c2ccccc2)[C@@H]4C1=O. The Hall–Kier alpha value is -3.80. The minimum Gasteiger partial charge on any atom is -0.460 e. The number of amides is 3. The lowest BCUT2D eigenvalue weighted by Crippen LogP contribution is -2.57. The number of nitrogens with one attached hydrogen (secondary N) is 1. The number of aliphatic hydroxyl groups is 1. The van der Waals surface area contributed by atoms with Gasteiger partial charge in [-0.05, 0) is 50.0 Å². The van der Waals surface area contributed by atoms with Crippen molar-refractivity contribution in [3.8, 4) is 0 Å². The van der Waals surface area contributed by atoms with Crippen molar-refractivity contribution in [3.63, 3.8) is 0 Å². The minimum atomic E-state index is -1.51. The Bertz CT molecular complexity index is 1590. The molecule has 46 heavy (non-hydrogen) atoms. The highest BCUT2D eigenvalue weighted by Crippen LogP contribution is 2.60. The number of ether oxygens (including phenoxy) is 2. The fourth-order valence-electron chi connectivity index (χ4n) is 7.42. The second kappa shape index (κ2) is 12.8. The quantitative estimate of drug-likeness (QED) is 0.371. The molecule has 4 aliphatic rings. The normalized spacial score (nSPS) is 31.3. The van der Waals surface area contributed by atoms with E-state index in [2.05, 4.69) is 21.2 Å². The average molecular weight is 693 g/mol. The highest BCUT2D eigenvalue weighted by Gasteiger charge is 2.75. The van der Waals surface area contributed by atoms with E-state index < -0.39 is 66.1 Å². The zero-order valence-electron chi connectivity index (χ0n) is 26.0. The van der Waals surface area contributed by atoms with Gasteiger partial charge in [0.1, 0.15) is 29.8 Å². The molecule has 0 unspecified atom stereocenters. The standard InChI is InChI=1S/C35H38BrN3O7/c1-20-11-10-12-21(2)29(20)38-16-9-5-8-15-26(41)37-18-22(3)45-34(44)27-28-32(42)39(25(19-40)23-13-6-4-7-14-23)31(33(38)43)35(28)17-24(36)30(27)46-35/h4-7,9-14,17,22,25,27-28,30-31,40H,8,15-16,18-19H2,1-3H3,(H,37,41)/b9-5-/t22-,25+,27+,28-,30+,31+,35-/m0/s1. The van der Waals surface area contributed by atoms with Crippen LogP contribution in [0.5, 0.6) is 0 Å². The largest absolute Gasteiger partial charge is 0.460 e. The molecule has 2 N–H and O–H groups in total. The minimum absolute atomic E-state index is 0.113. The van der Waals surface area contributed by atoms with Crippen LogP contribution in [-0.2, 0) is 28.7 Å². The number of nitrogens with zero attached hydrogens (tertiary/aromatic N) is 2. The number of allylic oxidation sites excluding steroid dienone is 1. The molecule has 0 saturated carbocycles. The molecule has 2 aromatic carbocycles. The van der Waals surface area contributed by atoms with Gasteiger partial charge in [-0.2, -0.15) is 0 Å². The first-order valence-corrected chi connectivity index (χ1v) is 16.4. The molecule has 0 aliphatic carbocycles. The van der Waals surface area contributed by atoms with Crippen LogP contribution >= 0.6 is 15.9 Å². The van der Waals surface area contributed by atoms with Gasteiger partial charge in [-0.15, -0.1) is 0 Å². The van der Waals surface area contributed by atoms with Crippen LogP contribution in [0.3, 0.4) is 0 Å². The van der Waals surface area contributed by atoms with E-state index in [1.165, 1.54) is 4.90 Å². The number of carbonyl (C=O) groups excluding carboxylic acids is 4. The summed E-state index contributed by atoms with van der Waals surface area (Å²) in [6.45, 7) is 5.35. The first kappa shape index (κ1) is 32.2. The molecule has 1 spiro atoms. The molecule has 10 nitrogen and oxygen atoms in total. The highest BCUT2D eigenvalue weighted by molar-refractivity contribution is 9.11. The lowest BCUT2D eigenvalue weighted by Gasteiger charge is -2.39. The van der Waals surface area contributed by atoms with Crippen molar-refractivity contribution in [1.29, 1.82) is 0 Å². The van der Waals surface area contributed by atoms with Gasteiger partial charge in [0.2, 0.25) is 11.8 Å². The van der Waals surface area contributed by atoms with Crippen molar-refractivity contribution in [3.05, 3.63) is 87.9 Å². The van der Waals surface area contributed by atoms with Crippen molar-refractivity contribution in [2.45, 2.75) is 63.5 Å². The van der Waals surface area contributed by atoms with Crippen LogP contribution in [0.2, 0.25) is 0 Å². The summed E-state index contributed by atoms with van der Waals surface area (Å²) >= 11 is 3.58. The third kappa shape index (κ3) is 5.38. The molecule has 2 fully saturated rings. The third-order valence-corrected chi connectivity index (χ3v) is 10.1. The topological polar surface area (TPSA) is 125 Å². The molecular weight excluding hydrogens is 654 g/mol. The Balaban J connectivity index is 1.54. The predicted octanol–water partition coefficient (Wildman–Crippen LogP) is 3.64. The van der Waals surface area contributed by atoms with Crippen LogP contribution in [0, 0.1) is 25.7 Å². The van der Waals surface area contributed by atoms with E-state index in [0.29, 0.717) is 22.2 Å². The van der Waals surface area contributed by atoms with Crippen molar-refractivity contribution >= 4 is 45.3 Å². The number of anilines is 1. The first-order valence-electron chi connectivity index (χ1n) is 15.6. The van der Waals surface area contributed by atoms with Crippen LogP contribution in [0.1, 0.15) is 42.5 Å². The number of aliphatic hydroxyl groups excluding tert-OH is 1. The van der Waals surface area contributed by atoms with E-state index in [1.807, 2.05) is 62.4 Å². The summed E-state index contributed by atoms with van der Waals surface area (Å²) in [6.07, 6.45) is 4.63. The average Bonchev–Trinajstić information content (AvgIpc) is 3.62. The highest BCUT2D eigenvalue weighted by atomic mass is 79.9. The van der Waals surface area contributed by atoms with Gasteiger partial charge in [-0.3, -0.25) is 19.2 Å². The number of esters is 1. The molecule has 3 amide bonds. The molecule has 242 valence electrons. The Morgan fingerprint density at radius 2 is 1.74 bits per heavy atom. The molecule has 6 rings (SSSR count). The number of para-hydroxylation sites is 1. The van der Waals surface area contributed by atoms with Gasteiger partial charge >= 0.3 is 5.97 Å². The van der Waals surface area contributed by atoms with Gasteiger partial charge < -0.3 is 29.7 Å². The molecule has 0 aromatic heterocycles. The number of cyclic esters (lactones) is 1. The summed E-state index contributed by atoms with van der Waals surface area (Å²) in [5.41, 5.74) is 1.56. The van der Waals surface area contributed by atoms with Crippen LogP contribution in [0.15, 0.2) is 71.2 Å². The smallest absolute Gasteiger partial charge is 0.313 e. The third-order valence-electron chi connectivity index (χ3n) is 9.44. The van der Waals surface area contributed by atoms with Crippen LogP contribution in [0.25, 0.3) is 0 Å². The van der Waals surface area contributed by atoms with Gasteiger partial charge in [0.25, 0.3) is 5.91 Å². The molecular formula is C35H38BrN3O7. The zero-order chi connectivity index (χ0) is 32.7. The van der Waals surface area contributed by atoms with Crippen LogP contribution in [0.4, 0.5) is 5.69 Å². The number of benzene rings is 2. The van der Waals surface area contributed by atoms with Gasteiger partial charge in [-0.1, -0.05) is 76.6 Å². The molecule has 7 atom stereocenters. The van der Waals surface area contributed by atoms with E-state index >= 15 is 4.79 Å². The maximum absolute atomic E-state index is 15.2. The van der Waals surface area contributed by atoms with Crippen molar-refractivity contribution in [1.82, 2.24) is 10.2 Å². The molecule has 4 heterocycles. The molecule has 2 aromatic rings. The van der Waals surface area contributed by atoms with Gasteiger partial charge in [-0.25, -0.2) is 0 Å². The number of likely N-dealkylation sites (tertiary alicyclic amines) is 1. The maximum atomic E-state index is 15.2. The lowest BCUT2D eigenvalue weighted by atomic mass is 9.74. The summed E-state index contributed by atoms with van der Waals surface area (Å²) < 4.78 is 13.0. The Kier molecular flexibility index (Phi) is 8.93. The fourth-order valence-corrected chi connectivity index (χ4v) is 8.15. The number of rotatable bonds is 4. The van der Waals surface area contributed by atoms with Crippen molar-refractivity contribution in [2.24, 2.45) is 11.8 Å². The molecule has 4 aliphatic heterocycles. The fraction of sp³-hybridized carbons (Fsp3) is 0.429. The first-order chi connectivity index (χ1) is 22.1.